The maximum absolute atomic E-state index is 5.41. The minimum absolute atomic E-state index is 0.452. The minimum atomic E-state index is 0.452. The fourth-order valence-electron chi connectivity index (χ4n) is 3.10. The van der Waals surface area contributed by atoms with Crippen LogP contribution in [0, 0.1) is 0 Å². The Morgan fingerprint density at radius 1 is 1.30 bits per heavy atom. The third kappa shape index (κ3) is 3.19. The first-order valence-electron chi connectivity index (χ1n) is 7.95. The van der Waals surface area contributed by atoms with Crippen molar-refractivity contribution in [3.63, 3.8) is 0 Å². The highest BCUT2D eigenvalue weighted by molar-refractivity contribution is 5.51. The number of hydrogen-bond acceptors (Lipinski definition) is 6. The Morgan fingerprint density at radius 3 is 3.13 bits per heavy atom. The molecule has 0 aromatic carbocycles. The van der Waals surface area contributed by atoms with Crippen molar-refractivity contribution in [2.75, 3.05) is 6.54 Å². The predicted molar refractivity (Wildman–Crippen MR) is 82.3 cm³/mol. The van der Waals surface area contributed by atoms with Crippen LogP contribution >= 0.6 is 0 Å². The number of furan rings is 1. The molecule has 23 heavy (non-hydrogen) atoms. The molecule has 0 N–H and O–H groups in total. The fourth-order valence-corrected chi connectivity index (χ4v) is 3.10. The number of aromatic nitrogens is 4. The zero-order chi connectivity index (χ0) is 15.5. The van der Waals surface area contributed by atoms with Crippen LogP contribution in [0.25, 0.3) is 11.4 Å². The third-order valence-electron chi connectivity index (χ3n) is 4.29. The Balaban J connectivity index is 1.45. The Labute approximate surface area is 133 Å². The van der Waals surface area contributed by atoms with Gasteiger partial charge >= 0.3 is 0 Å². The number of piperidine rings is 1. The van der Waals surface area contributed by atoms with E-state index in [9.17, 15) is 0 Å². The molecule has 1 atom stereocenters. The second-order valence-electron chi connectivity index (χ2n) is 5.87. The summed E-state index contributed by atoms with van der Waals surface area (Å²) < 4.78 is 12.5. The van der Waals surface area contributed by atoms with Crippen LogP contribution in [0.5, 0.6) is 0 Å². The first kappa shape index (κ1) is 14.2. The summed E-state index contributed by atoms with van der Waals surface area (Å²) in [4.78, 5) is 6.89. The first-order valence-corrected chi connectivity index (χ1v) is 7.95. The van der Waals surface area contributed by atoms with Gasteiger partial charge in [-0.25, -0.2) is 0 Å². The van der Waals surface area contributed by atoms with E-state index in [4.69, 9.17) is 8.94 Å². The molecule has 0 aliphatic carbocycles. The van der Waals surface area contributed by atoms with E-state index in [0.29, 0.717) is 24.3 Å². The lowest BCUT2D eigenvalue weighted by Gasteiger charge is -2.34. The molecule has 4 rings (SSSR count). The largest absolute Gasteiger partial charge is 0.472 e. The first-order chi connectivity index (χ1) is 11.4. The van der Waals surface area contributed by atoms with Crippen LogP contribution in [0.2, 0.25) is 0 Å². The summed E-state index contributed by atoms with van der Waals surface area (Å²) in [6.45, 7) is 2.63. The van der Waals surface area contributed by atoms with Gasteiger partial charge in [0.25, 0.3) is 0 Å². The number of hydrogen-bond donors (Lipinski definition) is 0. The van der Waals surface area contributed by atoms with Gasteiger partial charge in [0, 0.05) is 18.4 Å². The van der Waals surface area contributed by atoms with Crippen LogP contribution in [0.3, 0.4) is 0 Å². The van der Waals surface area contributed by atoms with Gasteiger partial charge in [-0.15, -0.1) is 0 Å². The van der Waals surface area contributed by atoms with E-state index in [2.05, 4.69) is 20.1 Å². The second kappa shape index (κ2) is 6.37. The van der Waals surface area contributed by atoms with Gasteiger partial charge < -0.3 is 8.94 Å². The lowest BCUT2D eigenvalue weighted by atomic mass is 10.0. The number of nitrogens with zero attached hydrogens (tertiary/aromatic N) is 5. The van der Waals surface area contributed by atoms with Gasteiger partial charge in [0.05, 0.1) is 24.9 Å². The van der Waals surface area contributed by atoms with Crippen molar-refractivity contribution in [2.45, 2.75) is 38.4 Å². The molecule has 0 saturated carbocycles. The van der Waals surface area contributed by atoms with Gasteiger partial charge in [-0.1, -0.05) is 11.6 Å². The number of likely N-dealkylation sites (tertiary alicyclic amines) is 1. The Bertz CT molecular complexity index is 720. The molecule has 0 radical (unpaired) electrons. The second-order valence-corrected chi connectivity index (χ2v) is 5.87. The standard InChI is InChI=1S/C16H19N5O2/c1-2-7-20(14(4-1)10-21-8-3-6-17-21)11-15-18-16(19-23-15)13-5-9-22-12-13/h3,5-6,8-9,12,14H,1-2,4,7,10-11H2/t14-/m0/s1. The zero-order valence-electron chi connectivity index (χ0n) is 12.8. The Kier molecular flexibility index (Phi) is 3.94. The molecule has 7 nitrogen and oxygen atoms in total. The molecule has 0 amide bonds. The minimum Gasteiger partial charge on any atom is -0.472 e. The van der Waals surface area contributed by atoms with Gasteiger partial charge in [-0.05, 0) is 31.5 Å². The molecule has 4 heterocycles. The van der Waals surface area contributed by atoms with Crippen molar-refractivity contribution in [3.8, 4) is 11.4 Å². The summed E-state index contributed by atoms with van der Waals surface area (Å²) in [5.41, 5.74) is 0.840. The van der Waals surface area contributed by atoms with Crippen molar-refractivity contribution in [1.29, 1.82) is 0 Å². The van der Waals surface area contributed by atoms with E-state index in [1.54, 1.807) is 12.5 Å². The normalized spacial score (nSPS) is 19.2. The quantitative estimate of drug-likeness (QED) is 0.721. The molecule has 1 aliphatic rings. The maximum atomic E-state index is 5.41. The topological polar surface area (TPSA) is 73.1 Å². The van der Waals surface area contributed by atoms with Gasteiger partial charge in [-0.2, -0.15) is 10.1 Å². The SMILES string of the molecule is c1cnn(C[C@@H]2CCCCN2Cc2nc(-c3ccoc3)no2)c1. The van der Waals surface area contributed by atoms with Crippen LogP contribution in [-0.2, 0) is 13.1 Å². The maximum Gasteiger partial charge on any atom is 0.241 e. The van der Waals surface area contributed by atoms with Gasteiger partial charge in [-0.3, -0.25) is 9.58 Å². The fraction of sp³-hybridized carbons (Fsp3) is 0.438. The highest BCUT2D eigenvalue weighted by Gasteiger charge is 2.25. The summed E-state index contributed by atoms with van der Waals surface area (Å²) in [5.74, 6) is 1.22. The summed E-state index contributed by atoms with van der Waals surface area (Å²) in [5, 5.41) is 8.35. The predicted octanol–water partition coefficient (Wildman–Crippen LogP) is 2.58. The molecule has 3 aromatic heterocycles. The Morgan fingerprint density at radius 2 is 2.30 bits per heavy atom. The van der Waals surface area contributed by atoms with E-state index >= 15 is 0 Å². The molecule has 0 spiro atoms. The van der Waals surface area contributed by atoms with Crippen molar-refractivity contribution >= 4 is 0 Å². The molecule has 0 bridgehead atoms. The van der Waals surface area contributed by atoms with Crippen molar-refractivity contribution in [1.82, 2.24) is 24.8 Å². The van der Waals surface area contributed by atoms with Crippen molar-refractivity contribution in [3.05, 3.63) is 42.9 Å². The number of rotatable bonds is 5. The molecule has 0 unspecified atom stereocenters. The van der Waals surface area contributed by atoms with Crippen molar-refractivity contribution in [2.24, 2.45) is 0 Å². The molecule has 1 saturated heterocycles. The summed E-state index contributed by atoms with van der Waals surface area (Å²) >= 11 is 0. The zero-order valence-corrected chi connectivity index (χ0v) is 12.8. The van der Waals surface area contributed by atoms with Crippen LogP contribution in [-0.4, -0.2) is 37.4 Å². The molecule has 1 fully saturated rings. The van der Waals surface area contributed by atoms with Gasteiger partial charge in [0.15, 0.2) is 0 Å². The highest BCUT2D eigenvalue weighted by Crippen LogP contribution is 2.22. The molecule has 1 aliphatic heterocycles. The van der Waals surface area contributed by atoms with E-state index in [1.807, 2.05) is 29.2 Å². The highest BCUT2D eigenvalue weighted by atomic mass is 16.5. The van der Waals surface area contributed by atoms with Gasteiger partial charge in [0.2, 0.25) is 11.7 Å². The molecular weight excluding hydrogens is 294 g/mol. The van der Waals surface area contributed by atoms with Crippen LogP contribution < -0.4 is 0 Å². The average molecular weight is 313 g/mol. The summed E-state index contributed by atoms with van der Waals surface area (Å²) in [6.07, 6.45) is 10.7. The molecule has 3 aromatic rings. The van der Waals surface area contributed by atoms with E-state index in [0.717, 1.165) is 18.7 Å². The Hall–Kier alpha value is -2.41. The summed E-state index contributed by atoms with van der Waals surface area (Å²) in [6, 6.07) is 4.24. The van der Waals surface area contributed by atoms with Crippen LogP contribution in [0.1, 0.15) is 25.2 Å². The van der Waals surface area contributed by atoms with E-state index < -0.39 is 0 Å². The molecule has 120 valence electrons. The lowest BCUT2D eigenvalue weighted by Crippen LogP contribution is -2.41. The van der Waals surface area contributed by atoms with Crippen LogP contribution in [0.15, 0.2) is 46.0 Å². The molecule has 7 heteroatoms. The van der Waals surface area contributed by atoms with Gasteiger partial charge in [0.1, 0.15) is 6.26 Å². The van der Waals surface area contributed by atoms with Crippen LogP contribution in [0.4, 0.5) is 0 Å². The van der Waals surface area contributed by atoms with E-state index in [-0.39, 0.29) is 0 Å². The summed E-state index contributed by atoms with van der Waals surface area (Å²) in [7, 11) is 0. The lowest BCUT2D eigenvalue weighted by molar-refractivity contribution is 0.108. The molecular formula is C16H19N5O2. The van der Waals surface area contributed by atoms with E-state index in [1.165, 1.54) is 19.3 Å². The average Bonchev–Trinajstić information content (AvgIpc) is 3.31. The smallest absolute Gasteiger partial charge is 0.241 e. The third-order valence-corrected chi connectivity index (χ3v) is 4.29. The monoisotopic (exact) mass is 313 g/mol. The van der Waals surface area contributed by atoms with Crippen molar-refractivity contribution < 1.29 is 8.94 Å².